The molecule has 1 aliphatic heterocycles. The SMILES string of the molecule is CN(C)c1ccc(C(=O)N2CCCN(C(=O)c3cn4c(n3)sc3ccccc34)CC2)cc1. The summed E-state index contributed by atoms with van der Waals surface area (Å²) in [5.74, 6) is -0.0619. The first-order valence-electron chi connectivity index (χ1n) is 10.7. The minimum atomic E-state index is -0.0744. The van der Waals surface area contributed by atoms with E-state index in [0.29, 0.717) is 37.4 Å². The molecule has 2 aromatic carbocycles. The average molecular weight is 448 g/mol. The molecule has 2 amide bonds. The second-order valence-corrected chi connectivity index (χ2v) is 9.24. The van der Waals surface area contributed by atoms with Crippen LogP contribution in [0.1, 0.15) is 27.3 Å². The Morgan fingerprint density at radius 3 is 2.31 bits per heavy atom. The lowest BCUT2D eigenvalue weighted by molar-refractivity contribution is 0.0716. The lowest BCUT2D eigenvalue weighted by Crippen LogP contribution is -2.37. The van der Waals surface area contributed by atoms with Gasteiger partial charge in [-0.2, -0.15) is 0 Å². The number of carbonyl (C=O) groups is 2. The van der Waals surface area contributed by atoms with Crippen LogP contribution in [0.4, 0.5) is 5.69 Å². The molecular weight excluding hydrogens is 422 g/mol. The van der Waals surface area contributed by atoms with Crippen molar-refractivity contribution >= 4 is 44.0 Å². The van der Waals surface area contributed by atoms with Gasteiger partial charge in [0.05, 0.1) is 10.2 Å². The van der Waals surface area contributed by atoms with Gasteiger partial charge in [0.2, 0.25) is 0 Å². The molecular formula is C24H25N5O2S. The molecule has 0 radical (unpaired) electrons. The van der Waals surface area contributed by atoms with Gasteiger partial charge in [-0.1, -0.05) is 23.5 Å². The van der Waals surface area contributed by atoms with Crippen LogP contribution in [0.5, 0.6) is 0 Å². The van der Waals surface area contributed by atoms with Crippen LogP contribution in [0, 0.1) is 0 Å². The number of benzene rings is 2. The number of amides is 2. The molecule has 0 N–H and O–H groups in total. The van der Waals surface area contributed by atoms with Crippen molar-refractivity contribution in [1.29, 1.82) is 0 Å². The van der Waals surface area contributed by atoms with E-state index >= 15 is 0 Å². The standard InChI is InChI=1S/C24H25N5O2S/c1-26(2)18-10-8-17(9-11-18)22(30)27-12-5-13-28(15-14-27)23(31)19-16-29-20-6-3-4-7-21(20)32-24(29)25-19/h3-4,6-11,16H,5,12-15H2,1-2H3. The summed E-state index contributed by atoms with van der Waals surface area (Å²) in [6, 6.07) is 15.7. The third-order valence-corrected chi connectivity index (χ3v) is 6.96. The van der Waals surface area contributed by atoms with Crippen molar-refractivity contribution < 1.29 is 9.59 Å². The number of thiazole rings is 1. The van der Waals surface area contributed by atoms with E-state index in [1.807, 2.05) is 81.9 Å². The van der Waals surface area contributed by atoms with Crippen LogP contribution in [0.25, 0.3) is 15.2 Å². The number of imidazole rings is 1. The zero-order valence-electron chi connectivity index (χ0n) is 18.2. The number of hydrogen-bond acceptors (Lipinski definition) is 5. The number of fused-ring (bicyclic) bond motifs is 3. The Morgan fingerprint density at radius 2 is 1.59 bits per heavy atom. The molecule has 0 aliphatic carbocycles. The number of aromatic nitrogens is 2. The molecule has 32 heavy (non-hydrogen) atoms. The minimum Gasteiger partial charge on any atom is -0.378 e. The number of para-hydroxylation sites is 1. The van der Waals surface area contributed by atoms with Gasteiger partial charge in [-0.15, -0.1) is 0 Å². The average Bonchev–Trinajstić information content (AvgIpc) is 3.26. The Labute approximate surface area is 190 Å². The molecule has 1 fully saturated rings. The summed E-state index contributed by atoms with van der Waals surface area (Å²) in [6.07, 6.45) is 2.58. The highest BCUT2D eigenvalue weighted by Crippen LogP contribution is 2.26. The van der Waals surface area contributed by atoms with E-state index in [9.17, 15) is 9.59 Å². The second kappa shape index (κ2) is 8.27. The highest BCUT2D eigenvalue weighted by Gasteiger charge is 2.25. The van der Waals surface area contributed by atoms with Gasteiger partial charge in [0.1, 0.15) is 5.69 Å². The summed E-state index contributed by atoms with van der Waals surface area (Å²) in [6.45, 7) is 2.28. The molecule has 0 bridgehead atoms. The highest BCUT2D eigenvalue weighted by molar-refractivity contribution is 7.23. The molecule has 4 aromatic rings. The van der Waals surface area contributed by atoms with Gasteiger partial charge in [-0.3, -0.25) is 14.0 Å². The number of nitrogens with zero attached hydrogens (tertiary/aromatic N) is 5. The van der Waals surface area contributed by atoms with Crippen LogP contribution >= 0.6 is 11.3 Å². The second-order valence-electron chi connectivity index (χ2n) is 8.23. The zero-order chi connectivity index (χ0) is 22.2. The molecule has 164 valence electrons. The third kappa shape index (κ3) is 3.71. The number of carbonyl (C=O) groups excluding carboxylic acids is 2. The molecule has 5 rings (SSSR count). The van der Waals surface area contributed by atoms with Crippen molar-refractivity contribution in [2.75, 3.05) is 45.2 Å². The maximum absolute atomic E-state index is 13.2. The fourth-order valence-electron chi connectivity index (χ4n) is 4.12. The minimum absolute atomic E-state index is 0.0126. The first-order valence-corrected chi connectivity index (χ1v) is 11.6. The van der Waals surface area contributed by atoms with Gasteiger partial charge in [-0.25, -0.2) is 4.98 Å². The van der Waals surface area contributed by atoms with Crippen molar-refractivity contribution in [3.05, 3.63) is 66.0 Å². The maximum atomic E-state index is 13.2. The molecule has 0 spiro atoms. The van der Waals surface area contributed by atoms with Crippen molar-refractivity contribution in [3.63, 3.8) is 0 Å². The topological polar surface area (TPSA) is 61.2 Å². The summed E-state index contributed by atoms with van der Waals surface area (Å²) < 4.78 is 3.13. The van der Waals surface area contributed by atoms with Crippen molar-refractivity contribution in [1.82, 2.24) is 19.2 Å². The molecule has 7 nitrogen and oxygen atoms in total. The summed E-state index contributed by atoms with van der Waals surface area (Å²) in [5.41, 5.74) is 3.26. The molecule has 0 saturated carbocycles. The van der Waals surface area contributed by atoms with E-state index in [2.05, 4.69) is 11.1 Å². The Hall–Kier alpha value is -3.39. The first-order chi connectivity index (χ1) is 15.5. The fraction of sp³-hybridized carbons (Fsp3) is 0.292. The molecule has 2 aromatic heterocycles. The largest absolute Gasteiger partial charge is 0.378 e. The third-order valence-electron chi connectivity index (χ3n) is 5.92. The zero-order valence-corrected chi connectivity index (χ0v) is 19.0. The van der Waals surface area contributed by atoms with E-state index in [0.717, 1.165) is 27.3 Å². The summed E-state index contributed by atoms with van der Waals surface area (Å²) in [4.78, 5) is 37.2. The van der Waals surface area contributed by atoms with E-state index in [4.69, 9.17) is 0 Å². The van der Waals surface area contributed by atoms with Crippen LogP contribution in [-0.2, 0) is 0 Å². The summed E-state index contributed by atoms with van der Waals surface area (Å²) in [7, 11) is 3.95. The fourth-order valence-corrected chi connectivity index (χ4v) is 5.13. The Kier molecular flexibility index (Phi) is 5.30. The van der Waals surface area contributed by atoms with Gasteiger partial charge >= 0.3 is 0 Å². The predicted molar refractivity (Wildman–Crippen MR) is 128 cm³/mol. The van der Waals surface area contributed by atoms with Gasteiger partial charge in [0.25, 0.3) is 11.8 Å². The van der Waals surface area contributed by atoms with Crippen LogP contribution in [-0.4, -0.2) is 71.3 Å². The number of hydrogen-bond donors (Lipinski definition) is 0. The molecule has 0 atom stereocenters. The van der Waals surface area contributed by atoms with Gasteiger partial charge in [0, 0.05) is 57.7 Å². The summed E-state index contributed by atoms with van der Waals surface area (Å²) in [5, 5.41) is 0. The van der Waals surface area contributed by atoms with Gasteiger partial charge in [-0.05, 0) is 42.8 Å². The number of anilines is 1. The molecule has 0 unspecified atom stereocenters. The first kappa shape index (κ1) is 20.5. The molecule has 8 heteroatoms. The van der Waals surface area contributed by atoms with Gasteiger partial charge in [0.15, 0.2) is 4.96 Å². The molecule has 3 heterocycles. The molecule has 1 aliphatic rings. The van der Waals surface area contributed by atoms with E-state index in [1.165, 1.54) is 0 Å². The van der Waals surface area contributed by atoms with E-state index < -0.39 is 0 Å². The quantitative estimate of drug-likeness (QED) is 0.481. The Bertz CT molecular complexity index is 1290. The summed E-state index contributed by atoms with van der Waals surface area (Å²) >= 11 is 1.58. The van der Waals surface area contributed by atoms with Crippen LogP contribution in [0.2, 0.25) is 0 Å². The van der Waals surface area contributed by atoms with Crippen molar-refractivity contribution in [3.8, 4) is 0 Å². The maximum Gasteiger partial charge on any atom is 0.274 e. The molecule has 1 saturated heterocycles. The lowest BCUT2D eigenvalue weighted by Gasteiger charge is -2.22. The predicted octanol–water partition coefficient (Wildman–Crippen LogP) is 3.60. The monoisotopic (exact) mass is 447 g/mol. The van der Waals surface area contributed by atoms with Crippen LogP contribution in [0.15, 0.2) is 54.7 Å². The van der Waals surface area contributed by atoms with Crippen LogP contribution in [0.3, 0.4) is 0 Å². The van der Waals surface area contributed by atoms with E-state index in [-0.39, 0.29) is 11.8 Å². The lowest BCUT2D eigenvalue weighted by atomic mass is 10.1. The van der Waals surface area contributed by atoms with Crippen LogP contribution < -0.4 is 4.90 Å². The van der Waals surface area contributed by atoms with E-state index in [1.54, 1.807) is 11.3 Å². The van der Waals surface area contributed by atoms with Crippen molar-refractivity contribution in [2.45, 2.75) is 6.42 Å². The Morgan fingerprint density at radius 1 is 0.906 bits per heavy atom. The van der Waals surface area contributed by atoms with Crippen molar-refractivity contribution in [2.24, 2.45) is 0 Å². The number of rotatable bonds is 3. The Balaban J connectivity index is 1.29. The smallest absolute Gasteiger partial charge is 0.274 e. The highest BCUT2D eigenvalue weighted by atomic mass is 32.1. The normalized spacial score (nSPS) is 14.7. The van der Waals surface area contributed by atoms with Gasteiger partial charge < -0.3 is 14.7 Å².